The Hall–Kier alpha value is -6.90. The second-order valence-corrected chi connectivity index (χ2v) is 17.7. The van der Waals surface area contributed by atoms with Crippen LogP contribution in [0, 0.1) is 17.8 Å². The quantitative estimate of drug-likeness (QED) is 0.100. The van der Waals surface area contributed by atoms with Crippen molar-refractivity contribution in [1.29, 1.82) is 0 Å². The second-order valence-electron chi connectivity index (χ2n) is 17.7. The average molecular weight is 831 g/mol. The van der Waals surface area contributed by atoms with Crippen molar-refractivity contribution in [1.82, 2.24) is 0 Å². The number of allylic oxidation sites excluding steroid dienone is 20. The monoisotopic (exact) mass is 830 g/mol. The molecule has 1 aliphatic heterocycles. The fourth-order valence-electron chi connectivity index (χ4n) is 9.82. The minimum absolute atomic E-state index is 0.265. The zero-order chi connectivity index (χ0) is 43.8. The predicted molar refractivity (Wildman–Crippen MR) is 274 cm³/mol. The minimum atomic E-state index is 0.265. The van der Waals surface area contributed by atoms with E-state index in [1.165, 1.54) is 44.7 Å². The third-order valence-electron chi connectivity index (χ3n) is 13.4. The lowest BCUT2D eigenvalue weighted by atomic mass is 9.75. The van der Waals surface area contributed by atoms with Crippen molar-refractivity contribution >= 4 is 23.2 Å². The maximum Gasteiger partial charge on any atom is 0.0711 e. The van der Waals surface area contributed by atoms with E-state index in [2.05, 4.69) is 215 Å². The second kappa shape index (κ2) is 19.7. The summed E-state index contributed by atoms with van der Waals surface area (Å²) in [6, 6.07) is 38.9. The van der Waals surface area contributed by atoms with Crippen molar-refractivity contribution in [3.05, 3.63) is 263 Å². The summed E-state index contributed by atoms with van der Waals surface area (Å²) in [5, 5.41) is 0. The summed E-state index contributed by atoms with van der Waals surface area (Å²) < 4.78 is 0. The van der Waals surface area contributed by atoms with Gasteiger partial charge in [-0.3, -0.25) is 9.98 Å². The Labute approximate surface area is 381 Å². The van der Waals surface area contributed by atoms with Crippen molar-refractivity contribution in [3.63, 3.8) is 0 Å². The molecule has 0 saturated heterocycles. The molecule has 5 aliphatic rings. The molecule has 0 amide bonds. The van der Waals surface area contributed by atoms with Crippen LogP contribution >= 0.6 is 0 Å². The Morgan fingerprint density at radius 1 is 0.719 bits per heavy atom. The van der Waals surface area contributed by atoms with E-state index in [1.54, 1.807) is 5.57 Å². The molecule has 4 atom stereocenters. The molecule has 4 aromatic carbocycles. The van der Waals surface area contributed by atoms with Crippen LogP contribution in [0.25, 0.3) is 22.4 Å². The summed E-state index contributed by atoms with van der Waals surface area (Å²) in [5.74, 6) is 1.65. The molecule has 0 N–H and O–H groups in total. The predicted octanol–water partition coefficient (Wildman–Crippen LogP) is 16.1. The molecule has 0 saturated carbocycles. The van der Waals surface area contributed by atoms with E-state index >= 15 is 0 Å². The van der Waals surface area contributed by atoms with Gasteiger partial charge in [-0.15, -0.1) is 0 Å². The molecule has 9 rings (SSSR count). The SMILES string of the molecule is C=C/C=C(/C(=C)/C=C(\N=C(C)c1ccc(C2=C(C3C=C(C4C=CC5=C(C4)C(C)CC=C5)C=CC3)N=CCC2)cc1)c1ccc(-c2ccccc2)cc1)C1=CCC(c2ccccc2)C=C1. The summed E-state index contributed by atoms with van der Waals surface area (Å²) in [6.45, 7) is 13.2. The molecule has 64 heavy (non-hydrogen) atoms. The molecule has 0 fully saturated rings. The largest absolute Gasteiger partial charge is 0.265 e. The van der Waals surface area contributed by atoms with E-state index in [-0.39, 0.29) is 5.92 Å². The molecule has 4 aromatic rings. The number of aliphatic imine (C=N–C) groups is 2. The van der Waals surface area contributed by atoms with Gasteiger partial charge >= 0.3 is 0 Å². The van der Waals surface area contributed by atoms with Gasteiger partial charge in [0.2, 0.25) is 0 Å². The number of hydrogen-bond donors (Lipinski definition) is 0. The first-order valence-electron chi connectivity index (χ1n) is 23.1. The third-order valence-corrected chi connectivity index (χ3v) is 13.4. The molecule has 2 nitrogen and oxygen atoms in total. The van der Waals surface area contributed by atoms with Crippen LogP contribution in [0.3, 0.4) is 0 Å². The number of nitrogens with zero attached hydrogens (tertiary/aromatic N) is 2. The van der Waals surface area contributed by atoms with E-state index < -0.39 is 0 Å². The Bertz CT molecular complexity index is 2780. The average Bonchev–Trinajstić information content (AvgIpc) is 3.36. The Morgan fingerprint density at radius 2 is 1.42 bits per heavy atom. The van der Waals surface area contributed by atoms with Gasteiger partial charge in [-0.1, -0.05) is 208 Å². The normalized spacial score (nSPS) is 22.3. The molecular weight excluding hydrogens is 773 g/mol. The van der Waals surface area contributed by atoms with Gasteiger partial charge in [0.1, 0.15) is 0 Å². The highest BCUT2D eigenvalue weighted by Crippen LogP contribution is 2.42. The molecule has 316 valence electrons. The topological polar surface area (TPSA) is 24.7 Å². The molecular formula is C62H58N2. The first kappa shape index (κ1) is 42.4. The minimum Gasteiger partial charge on any atom is -0.265 e. The van der Waals surface area contributed by atoms with Crippen LogP contribution in [0.5, 0.6) is 0 Å². The molecule has 0 aromatic heterocycles. The Kier molecular flexibility index (Phi) is 13.0. The van der Waals surface area contributed by atoms with Crippen molar-refractivity contribution in [2.24, 2.45) is 27.7 Å². The van der Waals surface area contributed by atoms with Crippen molar-refractivity contribution in [3.8, 4) is 11.1 Å². The summed E-state index contributed by atoms with van der Waals surface area (Å²) in [6.07, 6.45) is 37.8. The van der Waals surface area contributed by atoms with Crippen molar-refractivity contribution < 1.29 is 0 Å². The van der Waals surface area contributed by atoms with Crippen molar-refractivity contribution in [2.75, 3.05) is 0 Å². The molecule has 0 spiro atoms. The Balaban J connectivity index is 0.993. The number of benzene rings is 4. The van der Waals surface area contributed by atoms with Gasteiger partial charge in [-0.2, -0.15) is 0 Å². The van der Waals surface area contributed by atoms with Gasteiger partial charge in [-0.25, -0.2) is 0 Å². The lowest BCUT2D eigenvalue weighted by Crippen LogP contribution is -2.16. The highest BCUT2D eigenvalue weighted by Gasteiger charge is 2.27. The van der Waals surface area contributed by atoms with E-state index in [4.69, 9.17) is 9.98 Å². The standard InChI is InChI=1S/C62H58N2/c1-5-15-58(52-33-27-49(28-34-52)47-17-8-6-9-18-47)44(3)40-61(54-36-29-50(30-37-54)48-19-10-7-11-20-48)64-45(4)46-25-31-53(32-26-46)59-24-14-39-63-62(59)57-23-13-22-55(41-57)56-38-35-51-21-12-16-43(2)60(51)42-56/h5-13,15,17-22,25-27,29-41,43,49,56-57H,1,3,14,16,23-24,28,42H2,2,4H3/b58-15-,61-40-,64-45?. The van der Waals surface area contributed by atoms with E-state index in [9.17, 15) is 0 Å². The van der Waals surface area contributed by atoms with Crippen LogP contribution in [0.2, 0.25) is 0 Å². The summed E-state index contributed by atoms with van der Waals surface area (Å²) in [5.41, 5.74) is 18.9. The van der Waals surface area contributed by atoms with Gasteiger partial charge in [0.05, 0.1) is 11.4 Å². The maximum absolute atomic E-state index is 5.37. The van der Waals surface area contributed by atoms with E-state index in [0.717, 1.165) is 77.8 Å². The summed E-state index contributed by atoms with van der Waals surface area (Å²) in [7, 11) is 0. The zero-order valence-corrected chi connectivity index (χ0v) is 37.3. The summed E-state index contributed by atoms with van der Waals surface area (Å²) >= 11 is 0. The van der Waals surface area contributed by atoms with Gasteiger partial charge in [-0.05, 0) is 119 Å². The van der Waals surface area contributed by atoms with Crippen LogP contribution in [-0.2, 0) is 0 Å². The Morgan fingerprint density at radius 3 is 2.17 bits per heavy atom. The van der Waals surface area contributed by atoms with Crippen LogP contribution < -0.4 is 0 Å². The molecule has 4 unspecified atom stereocenters. The van der Waals surface area contributed by atoms with Gasteiger partial charge in [0.15, 0.2) is 0 Å². The fraction of sp³-hybridized carbons (Fsp3) is 0.194. The highest BCUT2D eigenvalue weighted by molar-refractivity contribution is 6.02. The smallest absolute Gasteiger partial charge is 0.0711 e. The lowest BCUT2D eigenvalue weighted by Gasteiger charge is -2.30. The molecule has 0 radical (unpaired) electrons. The van der Waals surface area contributed by atoms with Gasteiger partial charge in [0, 0.05) is 35.2 Å². The lowest BCUT2D eigenvalue weighted by molar-refractivity contribution is 0.591. The van der Waals surface area contributed by atoms with Crippen molar-refractivity contribution in [2.45, 2.75) is 58.3 Å². The zero-order valence-electron chi connectivity index (χ0n) is 37.3. The molecule has 0 bridgehead atoms. The first-order chi connectivity index (χ1) is 31.4. The maximum atomic E-state index is 5.37. The first-order valence-corrected chi connectivity index (χ1v) is 23.1. The van der Waals surface area contributed by atoms with Crippen LogP contribution in [0.1, 0.15) is 80.5 Å². The molecule has 2 heteroatoms. The fourth-order valence-corrected chi connectivity index (χ4v) is 9.82. The van der Waals surface area contributed by atoms with E-state index in [1.807, 2.05) is 6.08 Å². The molecule has 4 aliphatic carbocycles. The molecule has 1 heterocycles. The van der Waals surface area contributed by atoms with E-state index in [0.29, 0.717) is 17.8 Å². The third kappa shape index (κ3) is 9.53. The number of hydrogen-bond acceptors (Lipinski definition) is 2. The van der Waals surface area contributed by atoms with Crippen LogP contribution in [0.15, 0.2) is 250 Å². The highest BCUT2D eigenvalue weighted by atomic mass is 14.8. The number of rotatable bonds is 12. The summed E-state index contributed by atoms with van der Waals surface area (Å²) in [4.78, 5) is 10.5. The van der Waals surface area contributed by atoms with Gasteiger partial charge < -0.3 is 0 Å². The van der Waals surface area contributed by atoms with Crippen LogP contribution in [-0.4, -0.2) is 11.9 Å². The van der Waals surface area contributed by atoms with Crippen LogP contribution in [0.4, 0.5) is 0 Å². The van der Waals surface area contributed by atoms with Gasteiger partial charge in [0.25, 0.3) is 0 Å².